The summed E-state index contributed by atoms with van der Waals surface area (Å²) < 4.78 is 6.15. The fraction of sp³-hybridized carbons (Fsp3) is 0. The Hall–Kier alpha value is -5.02. The van der Waals surface area contributed by atoms with Crippen LogP contribution in [0.5, 0.6) is 0 Å². The van der Waals surface area contributed by atoms with Crippen molar-refractivity contribution >= 4 is 54.4 Å². The van der Waals surface area contributed by atoms with Gasteiger partial charge < -0.3 is 4.42 Å². The number of fused-ring (bicyclic) bond motifs is 7. The molecule has 0 N–H and O–H groups in total. The number of para-hydroxylation sites is 1. The molecule has 8 rings (SSSR count). The summed E-state index contributed by atoms with van der Waals surface area (Å²) in [7, 11) is 0. The van der Waals surface area contributed by atoms with Crippen LogP contribution in [-0.4, -0.2) is 9.97 Å². The fourth-order valence-electron chi connectivity index (χ4n) is 5.52. The minimum absolute atomic E-state index is 0.722. The number of rotatable bonds is 2. The van der Waals surface area contributed by atoms with Gasteiger partial charge in [-0.05, 0) is 45.8 Å². The number of furan rings is 1. The third kappa shape index (κ3) is 3.08. The minimum Gasteiger partial charge on any atom is -0.456 e. The Labute approximate surface area is 212 Å². The van der Waals surface area contributed by atoms with Gasteiger partial charge in [-0.1, -0.05) is 97.1 Å². The van der Waals surface area contributed by atoms with Crippen molar-refractivity contribution < 1.29 is 4.42 Å². The molecule has 0 unspecified atom stereocenters. The standard InChI is InChI=1S/C34H20N2O/c1-2-10-22(11-3-1)33-32-24-13-5-4-9-21(24)17-18-29(32)35-34(36-33)26-15-8-12-23-19-31-28(20-27(23)26)25-14-6-7-16-30(25)37-31/h1-20H. The first-order valence-electron chi connectivity index (χ1n) is 12.4. The highest BCUT2D eigenvalue weighted by Gasteiger charge is 2.17. The Balaban J connectivity index is 1.47. The molecular formula is C34H20N2O. The maximum Gasteiger partial charge on any atom is 0.161 e. The van der Waals surface area contributed by atoms with E-state index in [0.29, 0.717) is 0 Å². The molecule has 3 heteroatoms. The van der Waals surface area contributed by atoms with Crippen molar-refractivity contribution in [1.29, 1.82) is 0 Å². The lowest BCUT2D eigenvalue weighted by molar-refractivity contribution is 0.669. The molecule has 0 amide bonds. The number of hydrogen-bond donors (Lipinski definition) is 0. The molecule has 0 atom stereocenters. The number of hydrogen-bond acceptors (Lipinski definition) is 3. The van der Waals surface area contributed by atoms with Gasteiger partial charge in [-0.25, -0.2) is 9.97 Å². The average molecular weight is 473 g/mol. The van der Waals surface area contributed by atoms with Crippen molar-refractivity contribution in [3.8, 4) is 22.6 Å². The summed E-state index contributed by atoms with van der Waals surface area (Å²) in [6.45, 7) is 0. The van der Waals surface area contributed by atoms with Crippen LogP contribution in [0.1, 0.15) is 0 Å². The van der Waals surface area contributed by atoms with Crippen LogP contribution in [0.4, 0.5) is 0 Å². The lowest BCUT2D eigenvalue weighted by Gasteiger charge is -2.13. The lowest BCUT2D eigenvalue weighted by atomic mass is 9.98. The van der Waals surface area contributed by atoms with Crippen molar-refractivity contribution in [2.45, 2.75) is 0 Å². The molecule has 8 aromatic rings. The SMILES string of the molecule is c1ccc(-c2nc(-c3cccc4cc5oc6ccccc6c5cc34)nc3ccc4ccccc4c23)cc1. The summed E-state index contributed by atoms with van der Waals surface area (Å²) in [6, 6.07) is 42.0. The largest absolute Gasteiger partial charge is 0.456 e. The highest BCUT2D eigenvalue weighted by molar-refractivity contribution is 6.14. The van der Waals surface area contributed by atoms with Crippen LogP contribution in [0.25, 0.3) is 77.0 Å². The Morgan fingerprint density at radius 2 is 1.27 bits per heavy atom. The van der Waals surface area contributed by atoms with E-state index in [4.69, 9.17) is 14.4 Å². The monoisotopic (exact) mass is 472 g/mol. The van der Waals surface area contributed by atoms with Crippen LogP contribution in [0.3, 0.4) is 0 Å². The molecule has 0 spiro atoms. The summed E-state index contributed by atoms with van der Waals surface area (Å²) in [5.74, 6) is 0.722. The lowest BCUT2D eigenvalue weighted by Crippen LogP contribution is -1.96. The molecule has 0 aliphatic heterocycles. The van der Waals surface area contributed by atoms with Crippen LogP contribution in [0.2, 0.25) is 0 Å². The van der Waals surface area contributed by atoms with Crippen molar-refractivity contribution in [2.24, 2.45) is 0 Å². The molecule has 0 aliphatic carbocycles. The molecule has 0 saturated carbocycles. The normalized spacial score (nSPS) is 11.8. The van der Waals surface area contributed by atoms with Crippen LogP contribution in [0.15, 0.2) is 126 Å². The number of aromatic nitrogens is 2. The van der Waals surface area contributed by atoms with Crippen LogP contribution >= 0.6 is 0 Å². The van der Waals surface area contributed by atoms with Gasteiger partial charge in [0.2, 0.25) is 0 Å². The van der Waals surface area contributed by atoms with Crippen molar-refractivity contribution in [3.05, 3.63) is 121 Å². The second-order valence-corrected chi connectivity index (χ2v) is 9.42. The average Bonchev–Trinajstić information content (AvgIpc) is 3.33. The van der Waals surface area contributed by atoms with Gasteiger partial charge >= 0.3 is 0 Å². The van der Waals surface area contributed by atoms with Crippen LogP contribution in [-0.2, 0) is 0 Å². The summed E-state index contributed by atoms with van der Waals surface area (Å²) in [4.78, 5) is 10.4. The molecule has 0 aliphatic rings. The van der Waals surface area contributed by atoms with Gasteiger partial charge in [-0.3, -0.25) is 0 Å². The first-order valence-corrected chi connectivity index (χ1v) is 12.4. The smallest absolute Gasteiger partial charge is 0.161 e. The Bertz CT molecular complexity index is 2140. The van der Waals surface area contributed by atoms with Gasteiger partial charge in [0, 0.05) is 27.3 Å². The van der Waals surface area contributed by atoms with Crippen molar-refractivity contribution in [2.75, 3.05) is 0 Å². The molecule has 172 valence electrons. The fourth-order valence-corrected chi connectivity index (χ4v) is 5.52. The first-order chi connectivity index (χ1) is 18.3. The summed E-state index contributed by atoms with van der Waals surface area (Å²) in [5, 5.41) is 7.86. The number of nitrogens with zero attached hydrogens (tertiary/aromatic N) is 2. The van der Waals surface area contributed by atoms with E-state index >= 15 is 0 Å². The second kappa shape index (κ2) is 7.74. The third-order valence-corrected chi connectivity index (χ3v) is 7.25. The van der Waals surface area contributed by atoms with E-state index in [-0.39, 0.29) is 0 Å². The van der Waals surface area contributed by atoms with Crippen LogP contribution in [0, 0.1) is 0 Å². The topological polar surface area (TPSA) is 38.9 Å². The van der Waals surface area contributed by atoms with Gasteiger partial charge in [0.15, 0.2) is 5.82 Å². The molecule has 0 fully saturated rings. The Morgan fingerprint density at radius 3 is 2.19 bits per heavy atom. The van der Waals surface area contributed by atoms with E-state index in [2.05, 4.69) is 103 Å². The van der Waals surface area contributed by atoms with Crippen LogP contribution < -0.4 is 0 Å². The molecule has 6 aromatic carbocycles. The molecular weight excluding hydrogens is 452 g/mol. The predicted octanol–water partition coefficient (Wildman–Crippen LogP) is 9.17. The molecule has 0 radical (unpaired) electrons. The van der Waals surface area contributed by atoms with E-state index in [9.17, 15) is 0 Å². The zero-order chi connectivity index (χ0) is 24.3. The summed E-state index contributed by atoms with van der Waals surface area (Å²) >= 11 is 0. The highest BCUT2D eigenvalue weighted by atomic mass is 16.3. The summed E-state index contributed by atoms with van der Waals surface area (Å²) in [5.41, 5.74) is 5.77. The van der Waals surface area contributed by atoms with Crippen molar-refractivity contribution in [3.63, 3.8) is 0 Å². The predicted molar refractivity (Wildman–Crippen MR) is 153 cm³/mol. The molecule has 2 heterocycles. The Morgan fingerprint density at radius 1 is 0.486 bits per heavy atom. The minimum atomic E-state index is 0.722. The molecule has 37 heavy (non-hydrogen) atoms. The highest BCUT2D eigenvalue weighted by Crippen LogP contribution is 2.38. The number of benzene rings is 6. The second-order valence-electron chi connectivity index (χ2n) is 9.42. The molecule has 0 bridgehead atoms. The zero-order valence-electron chi connectivity index (χ0n) is 19.8. The molecule has 2 aromatic heterocycles. The van der Waals surface area contributed by atoms with Gasteiger partial charge in [-0.15, -0.1) is 0 Å². The van der Waals surface area contributed by atoms with Gasteiger partial charge in [0.25, 0.3) is 0 Å². The zero-order valence-corrected chi connectivity index (χ0v) is 19.8. The molecule has 0 saturated heterocycles. The third-order valence-electron chi connectivity index (χ3n) is 7.25. The maximum atomic E-state index is 6.15. The van der Waals surface area contributed by atoms with E-state index in [0.717, 1.165) is 71.6 Å². The summed E-state index contributed by atoms with van der Waals surface area (Å²) in [6.07, 6.45) is 0. The van der Waals surface area contributed by atoms with E-state index in [1.165, 1.54) is 5.39 Å². The van der Waals surface area contributed by atoms with E-state index < -0.39 is 0 Å². The van der Waals surface area contributed by atoms with Crippen molar-refractivity contribution in [1.82, 2.24) is 9.97 Å². The van der Waals surface area contributed by atoms with Gasteiger partial charge in [0.05, 0.1) is 11.2 Å². The quantitative estimate of drug-likeness (QED) is 0.235. The maximum absolute atomic E-state index is 6.15. The van der Waals surface area contributed by atoms with Gasteiger partial charge in [0.1, 0.15) is 11.2 Å². The first kappa shape index (κ1) is 20.2. The van der Waals surface area contributed by atoms with E-state index in [1.807, 2.05) is 18.2 Å². The Kier molecular flexibility index (Phi) is 4.23. The van der Waals surface area contributed by atoms with E-state index in [1.54, 1.807) is 0 Å². The van der Waals surface area contributed by atoms with Gasteiger partial charge in [-0.2, -0.15) is 0 Å². The molecule has 3 nitrogen and oxygen atoms in total.